The number of carbonyl (C=O) groups excluding carboxylic acids is 1. The number of amides is 1. The lowest BCUT2D eigenvalue weighted by Crippen LogP contribution is -2.21. The third-order valence-corrected chi connectivity index (χ3v) is 3.53. The summed E-state index contributed by atoms with van der Waals surface area (Å²) in [5, 5.41) is 19.8. The number of nitrogens with one attached hydrogen (secondary N) is 2. The van der Waals surface area contributed by atoms with Gasteiger partial charge in [0.2, 0.25) is 11.8 Å². The number of hydroxylamine groups is 1. The molecular formula is C16H22N4O3. The van der Waals surface area contributed by atoms with Crippen molar-refractivity contribution in [3.05, 3.63) is 36.2 Å². The zero-order valence-corrected chi connectivity index (χ0v) is 13.2. The van der Waals surface area contributed by atoms with Crippen LogP contribution in [0.3, 0.4) is 0 Å². The van der Waals surface area contributed by atoms with Crippen LogP contribution in [0.15, 0.2) is 34.7 Å². The number of hydrogen-bond acceptors (Lipinski definition) is 6. The molecule has 1 heterocycles. The first-order valence-electron chi connectivity index (χ1n) is 7.81. The van der Waals surface area contributed by atoms with E-state index in [2.05, 4.69) is 22.4 Å². The van der Waals surface area contributed by atoms with Crippen molar-refractivity contribution >= 4 is 17.6 Å². The highest BCUT2D eigenvalue weighted by molar-refractivity contribution is 5.75. The molecule has 2 rings (SSSR count). The van der Waals surface area contributed by atoms with E-state index in [-0.39, 0.29) is 18.4 Å². The summed E-state index contributed by atoms with van der Waals surface area (Å²) >= 11 is 0. The maximum absolute atomic E-state index is 11.5. The Morgan fingerprint density at radius 2 is 2.04 bits per heavy atom. The van der Waals surface area contributed by atoms with E-state index in [4.69, 9.17) is 9.62 Å². The van der Waals surface area contributed by atoms with Gasteiger partial charge < -0.3 is 9.73 Å². The van der Waals surface area contributed by atoms with E-state index in [0.717, 1.165) is 31.4 Å². The molecule has 7 heteroatoms. The molecular weight excluding hydrogens is 296 g/mol. The van der Waals surface area contributed by atoms with Gasteiger partial charge in [-0.05, 0) is 18.6 Å². The van der Waals surface area contributed by atoms with Gasteiger partial charge in [0.25, 0.3) is 0 Å². The van der Waals surface area contributed by atoms with Crippen LogP contribution in [0, 0.1) is 0 Å². The van der Waals surface area contributed by atoms with Crippen LogP contribution >= 0.6 is 0 Å². The van der Waals surface area contributed by atoms with Crippen LogP contribution in [0.1, 0.15) is 50.8 Å². The number of aromatic nitrogens is 2. The van der Waals surface area contributed by atoms with Gasteiger partial charge in [0.05, 0.1) is 0 Å². The Balaban J connectivity index is 2.04. The summed E-state index contributed by atoms with van der Waals surface area (Å²) in [6.45, 7) is 2.12. The quantitative estimate of drug-likeness (QED) is 0.372. The highest BCUT2D eigenvalue weighted by Crippen LogP contribution is 2.27. The summed E-state index contributed by atoms with van der Waals surface area (Å²) in [6, 6.07) is 9.79. The lowest BCUT2D eigenvalue weighted by molar-refractivity contribution is -0.129. The molecule has 23 heavy (non-hydrogen) atoms. The number of unbranched alkanes of at least 4 members (excludes halogenated alkanes) is 2. The van der Waals surface area contributed by atoms with Crippen LogP contribution in [0.5, 0.6) is 0 Å². The molecule has 0 radical (unpaired) electrons. The molecule has 0 aliphatic heterocycles. The largest absolute Gasteiger partial charge is 0.408 e. The minimum atomic E-state index is -0.456. The maximum Gasteiger partial charge on any atom is 0.320 e. The molecule has 1 aromatic carbocycles. The Morgan fingerprint density at radius 3 is 2.74 bits per heavy atom. The zero-order chi connectivity index (χ0) is 16.5. The predicted octanol–water partition coefficient (Wildman–Crippen LogP) is 3.37. The molecule has 1 amide bonds. The molecule has 3 N–H and O–H groups in total. The molecule has 2 aromatic rings. The number of nitrogens with zero attached hydrogens (tertiary/aromatic N) is 2. The molecule has 0 unspecified atom stereocenters. The molecule has 1 aromatic heterocycles. The maximum atomic E-state index is 11.5. The Kier molecular flexibility index (Phi) is 6.56. The number of anilines is 2. The SMILES string of the molecule is CCCCC[C@H](CC(=O)NO)c1nnc(Nc2ccccc2)o1. The Labute approximate surface area is 135 Å². The average molecular weight is 318 g/mol. The van der Waals surface area contributed by atoms with Gasteiger partial charge in [-0.1, -0.05) is 49.5 Å². The van der Waals surface area contributed by atoms with Crippen LogP contribution in [0.4, 0.5) is 11.7 Å². The Hall–Kier alpha value is -2.41. The first kappa shape index (κ1) is 17.0. The van der Waals surface area contributed by atoms with Gasteiger partial charge in [0, 0.05) is 18.0 Å². The van der Waals surface area contributed by atoms with Gasteiger partial charge in [-0.2, -0.15) is 0 Å². The van der Waals surface area contributed by atoms with Gasteiger partial charge >= 0.3 is 6.01 Å². The molecule has 0 spiro atoms. The highest BCUT2D eigenvalue weighted by Gasteiger charge is 2.21. The van der Waals surface area contributed by atoms with Crippen molar-refractivity contribution in [2.75, 3.05) is 5.32 Å². The lowest BCUT2D eigenvalue weighted by Gasteiger charge is -2.11. The second-order valence-corrected chi connectivity index (χ2v) is 5.37. The van der Waals surface area contributed by atoms with E-state index in [9.17, 15) is 4.79 Å². The normalized spacial score (nSPS) is 11.9. The molecule has 7 nitrogen and oxygen atoms in total. The van der Waals surface area contributed by atoms with Crippen molar-refractivity contribution in [1.29, 1.82) is 0 Å². The molecule has 0 aliphatic rings. The van der Waals surface area contributed by atoms with Crippen LogP contribution in [0.2, 0.25) is 0 Å². The zero-order valence-electron chi connectivity index (χ0n) is 13.2. The van der Waals surface area contributed by atoms with E-state index >= 15 is 0 Å². The molecule has 124 valence electrons. The van der Waals surface area contributed by atoms with Gasteiger partial charge in [0.15, 0.2) is 0 Å². The smallest absolute Gasteiger partial charge is 0.320 e. The van der Waals surface area contributed by atoms with Gasteiger partial charge in [0.1, 0.15) is 0 Å². The van der Waals surface area contributed by atoms with Crippen molar-refractivity contribution in [2.45, 2.75) is 44.9 Å². The van der Waals surface area contributed by atoms with Crippen LogP contribution in [-0.4, -0.2) is 21.3 Å². The summed E-state index contributed by atoms with van der Waals surface area (Å²) < 4.78 is 5.63. The fraction of sp³-hybridized carbons (Fsp3) is 0.438. The van der Waals surface area contributed by atoms with E-state index < -0.39 is 5.91 Å². The number of hydrogen-bond donors (Lipinski definition) is 3. The van der Waals surface area contributed by atoms with Gasteiger partial charge in [-0.3, -0.25) is 10.0 Å². The van der Waals surface area contributed by atoms with Gasteiger partial charge in [-0.25, -0.2) is 5.48 Å². The lowest BCUT2D eigenvalue weighted by atomic mass is 9.97. The first-order chi connectivity index (χ1) is 11.2. The molecule has 0 bridgehead atoms. The number of benzene rings is 1. The summed E-state index contributed by atoms with van der Waals surface area (Å²) in [5.41, 5.74) is 2.50. The second-order valence-electron chi connectivity index (χ2n) is 5.37. The van der Waals surface area contributed by atoms with E-state index in [0.29, 0.717) is 5.89 Å². The van der Waals surface area contributed by atoms with Crippen molar-refractivity contribution in [3.63, 3.8) is 0 Å². The minimum absolute atomic E-state index is 0.118. The summed E-state index contributed by atoms with van der Waals surface area (Å²) in [5.74, 6) is -0.252. The topological polar surface area (TPSA) is 100 Å². The van der Waals surface area contributed by atoms with E-state index in [1.807, 2.05) is 30.3 Å². The van der Waals surface area contributed by atoms with Crippen molar-refractivity contribution in [2.24, 2.45) is 0 Å². The number of rotatable bonds is 9. The highest BCUT2D eigenvalue weighted by atomic mass is 16.5. The Bertz CT molecular complexity index is 600. The summed E-state index contributed by atoms with van der Waals surface area (Å²) in [7, 11) is 0. The molecule has 0 saturated heterocycles. The van der Waals surface area contributed by atoms with Gasteiger partial charge in [-0.15, -0.1) is 5.10 Å². The Morgan fingerprint density at radius 1 is 1.26 bits per heavy atom. The average Bonchev–Trinajstić information content (AvgIpc) is 3.03. The van der Waals surface area contributed by atoms with Crippen LogP contribution in [-0.2, 0) is 4.79 Å². The molecule has 1 atom stereocenters. The van der Waals surface area contributed by atoms with E-state index in [1.165, 1.54) is 0 Å². The second kappa shape index (κ2) is 8.89. The predicted molar refractivity (Wildman–Crippen MR) is 85.5 cm³/mol. The fourth-order valence-electron chi connectivity index (χ4n) is 2.32. The first-order valence-corrected chi connectivity index (χ1v) is 7.81. The third kappa shape index (κ3) is 5.37. The fourth-order valence-corrected chi connectivity index (χ4v) is 2.32. The third-order valence-electron chi connectivity index (χ3n) is 3.53. The standard InChI is InChI=1S/C16H22N4O3/c1-2-3-5-8-12(11-14(21)20-22)15-18-19-16(23-15)17-13-9-6-4-7-10-13/h4,6-7,9-10,12,22H,2-3,5,8,11H2,1H3,(H,17,19)(H,20,21)/t12-/m1/s1. The van der Waals surface area contributed by atoms with Crippen molar-refractivity contribution < 1.29 is 14.4 Å². The number of carbonyl (C=O) groups is 1. The monoisotopic (exact) mass is 318 g/mol. The summed E-state index contributed by atoms with van der Waals surface area (Å²) in [6.07, 6.45) is 4.00. The van der Waals surface area contributed by atoms with Crippen LogP contribution < -0.4 is 10.8 Å². The molecule has 0 aliphatic carbocycles. The molecule has 0 saturated carbocycles. The summed E-state index contributed by atoms with van der Waals surface area (Å²) in [4.78, 5) is 11.5. The van der Waals surface area contributed by atoms with Crippen molar-refractivity contribution in [1.82, 2.24) is 15.7 Å². The number of para-hydroxylation sites is 1. The van der Waals surface area contributed by atoms with Crippen LogP contribution in [0.25, 0.3) is 0 Å². The van der Waals surface area contributed by atoms with E-state index in [1.54, 1.807) is 5.48 Å². The molecule has 0 fully saturated rings. The van der Waals surface area contributed by atoms with Crippen molar-refractivity contribution in [3.8, 4) is 0 Å². The minimum Gasteiger partial charge on any atom is -0.408 e.